The zero-order chi connectivity index (χ0) is 25.3. The van der Waals surface area contributed by atoms with Crippen LogP contribution in [0.1, 0.15) is 53.3 Å². The SMILES string of the molecule is Cc1ccc(C2(NC(=O)Cc3ccc4oc(C(C)(O)c5ccncc5)cc4c3)CCOCC2)c(C)c1. The molecule has 2 aromatic heterocycles. The van der Waals surface area contributed by atoms with E-state index in [-0.39, 0.29) is 12.3 Å². The van der Waals surface area contributed by atoms with Crippen molar-refractivity contribution >= 4 is 16.9 Å². The van der Waals surface area contributed by atoms with Crippen molar-refractivity contribution in [3.8, 4) is 0 Å². The Morgan fingerprint density at radius 2 is 1.81 bits per heavy atom. The predicted molar refractivity (Wildman–Crippen MR) is 139 cm³/mol. The summed E-state index contributed by atoms with van der Waals surface area (Å²) in [6, 6.07) is 17.5. The maximum Gasteiger partial charge on any atom is 0.225 e. The van der Waals surface area contributed by atoms with Crippen LogP contribution in [0.4, 0.5) is 0 Å². The van der Waals surface area contributed by atoms with Crippen LogP contribution in [-0.2, 0) is 27.1 Å². The molecule has 1 fully saturated rings. The fourth-order valence-electron chi connectivity index (χ4n) is 5.29. The number of nitrogens with one attached hydrogen (secondary N) is 1. The molecule has 2 N–H and O–H groups in total. The molecule has 1 saturated heterocycles. The number of benzene rings is 2. The molecule has 3 heterocycles. The van der Waals surface area contributed by atoms with Crippen molar-refractivity contribution in [1.29, 1.82) is 0 Å². The van der Waals surface area contributed by atoms with Crippen LogP contribution in [0.5, 0.6) is 0 Å². The van der Waals surface area contributed by atoms with E-state index >= 15 is 0 Å². The minimum atomic E-state index is -1.29. The van der Waals surface area contributed by atoms with Crippen molar-refractivity contribution in [3.05, 3.63) is 101 Å². The van der Waals surface area contributed by atoms with Crippen molar-refractivity contribution in [1.82, 2.24) is 10.3 Å². The minimum absolute atomic E-state index is 0.0243. The molecule has 1 amide bonds. The summed E-state index contributed by atoms with van der Waals surface area (Å²) in [7, 11) is 0. The second-order valence-electron chi connectivity index (χ2n) is 10.0. The number of rotatable bonds is 6. The molecule has 2 aromatic carbocycles. The summed E-state index contributed by atoms with van der Waals surface area (Å²) >= 11 is 0. The largest absolute Gasteiger partial charge is 0.458 e. The van der Waals surface area contributed by atoms with E-state index in [0.29, 0.717) is 30.1 Å². The maximum atomic E-state index is 13.3. The van der Waals surface area contributed by atoms with Gasteiger partial charge in [-0.3, -0.25) is 9.78 Å². The number of hydrogen-bond donors (Lipinski definition) is 2. The van der Waals surface area contributed by atoms with E-state index < -0.39 is 11.1 Å². The smallest absolute Gasteiger partial charge is 0.225 e. The molecule has 0 saturated carbocycles. The fraction of sp³-hybridized carbons (Fsp3) is 0.333. The van der Waals surface area contributed by atoms with Crippen LogP contribution in [-0.4, -0.2) is 29.2 Å². The van der Waals surface area contributed by atoms with E-state index in [1.165, 1.54) is 11.1 Å². The molecule has 0 radical (unpaired) electrons. The Labute approximate surface area is 211 Å². The van der Waals surface area contributed by atoms with Gasteiger partial charge in [0.05, 0.1) is 12.0 Å². The second-order valence-corrected chi connectivity index (χ2v) is 10.0. The summed E-state index contributed by atoms with van der Waals surface area (Å²) < 4.78 is 11.6. The molecule has 6 nitrogen and oxygen atoms in total. The Morgan fingerprint density at radius 3 is 2.53 bits per heavy atom. The van der Waals surface area contributed by atoms with Crippen LogP contribution >= 0.6 is 0 Å². The molecule has 6 heteroatoms. The molecule has 1 atom stereocenters. The first-order chi connectivity index (χ1) is 17.3. The van der Waals surface area contributed by atoms with Crippen LogP contribution in [0.3, 0.4) is 0 Å². The van der Waals surface area contributed by atoms with Gasteiger partial charge in [-0.1, -0.05) is 29.8 Å². The quantitative estimate of drug-likeness (QED) is 0.399. The van der Waals surface area contributed by atoms with Gasteiger partial charge in [0.15, 0.2) is 0 Å². The number of aromatic nitrogens is 1. The molecule has 0 bridgehead atoms. The number of hydrogen-bond acceptors (Lipinski definition) is 5. The average Bonchev–Trinajstić information content (AvgIpc) is 3.29. The highest BCUT2D eigenvalue weighted by atomic mass is 16.5. The summed E-state index contributed by atoms with van der Waals surface area (Å²) in [5.41, 5.74) is 4.09. The topological polar surface area (TPSA) is 84.6 Å². The summed E-state index contributed by atoms with van der Waals surface area (Å²) in [5.74, 6) is 0.421. The van der Waals surface area contributed by atoms with Crippen molar-refractivity contribution < 1.29 is 19.1 Å². The zero-order valence-electron chi connectivity index (χ0n) is 21.0. The molecule has 1 unspecified atom stereocenters. The molecule has 5 rings (SSSR count). The zero-order valence-corrected chi connectivity index (χ0v) is 21.0. The van der Waals surface area contributed by atoms with Crippen molar-refractivity contribution in [3.63, 3.8) is 0 Å². The van der Waals surface area contributed by atoms with E-state index in [1.54, 1.807) is 31.5 Å². The first-order valence-electron chi connectivity index (χ1n) is 12.4. The average molecular weight is 485 g/mol. The molecule has 4 aromatic rings. The Hall–Kier alpha value is -3.48. The van der Waals surface area contributed by atoms with Gasteiger partial charge in [-0.15, -0.1) is 0 Å². The molecular weight excluding hydrogens is 452 g/mol. The van der Waals surface area contributed by atoms with Gasteiger partial charge in [-0.25, -0.2) is 0 Å². The van der Waals surface area contributed by atoms with E-state index in [1.807, 2.05) is 24.3 Å². The molecule has 186 valence electrons. The standard InChI is InChI=1S/C30H32N2O4/c1-20-4-6-25(21(2)16-20)30(10-14-35-15-11-30)32-28(33)18-22-5-7-26-23(17-22)19-27(36-26)29(3,34)24-8-12-31-13-9-24/h4-9,12-13,16-17,19,34H,10-11,14-15,18H2,1-3H3,(H,32,33). The summed E-state index contributed by atoms with van der Waals surface area (Å²) in [5, 5.41) is 15.4. The van der Waals surface area contributed by atoms with E-state index in [0.717, 1.165) is 29.4 Å². The third-order valence-electron chi connectivity index (χ3n) is 7.29. The summed E-state index contributed by atoms with van der Waals surface area (Å²) in [6.07, 6.45) is 5.04. The van der Waals surface area contributed by atoms with Gasteiger partial charge in [-0.2, -0.15) is 0 Å². The maximum absolute atomic E-state index is 13.3. The van der Waals surface area contributed by atoms with Crippen molar-refractivity contribution in [2.75, 3.05) is 13.2 Å². The molecule has 0 spiro atoms. The lowest BCUT2D eigenvalue weighted by Gasteiger charge is -2.39. The van der Waals surface area contributed by atoms with E-state index in [4.69, 9.17) is 9.15 Å². The highest BCUT2D eigenvalue weighted by Crippen LogP contribution is 2.36. The highest BCUT2D eigenvalue weighted by Gasteiger charge is 2.37. The van der Waals surface area contributed by atoms with Crippen LogP contribution in [0.2, 0.25) is 0 Å². The van der Waals surface area contributed by atoms with Crippen molar-refractivity contribution in [2.45, 2.75) is 51.2 Å². The molecule has 36 heavy (non-hydrogen) atoms. The number of furan rings is 1. The number of pyridine rings is 1. The molecular formula is C30H32N2O4. The van der Waals surface area contributed by atoms with Gasteiger partial charge < -0.3 is 19.6 Å². The Bertz CT molecular complexity index is 1380. The van der Waals surface area contributed by atoms with E-state index in [9.17, 15) is 9.90 Å². The first kappa shape index (κ1) is 24.2. The monoisotopic (exact) mass is 484 g/mol. The lowest BCUT2D eigenvalue weighted by Crippen LogP contribution is -2.50. The third-order valence-corrected chi connectivity index (χ3v) is 7.29. The predicted octanol–water partition coefficient (Wildman–Crippen LogP) is 5.07. The minimum Gasteiger partial charge on any atom is -0.458 e. The normalized spacial score (nSPS) is 17.0. The first-order valence-corrected chi connectivity index (χ1v) is 12.4. The van der Waals surface area contributed by atoms with Crippen molar-refractivity contribution in [2.24, 2.45) is 0 Å². The van der Waals surface area contributed by atoms with Gasteiger partial charge in [0.1, 0.15) is 16.9 Å². The number of ether oxygens (including phenoxy) is 1. The molecule has 0 aliphatic carbocycles. The van der Waals surface area contributed by atoms with Gasteiger partial charge in [0.25, 0.3) is 0 Å². The highest BCUT2D eigenvalue weighted by molar-refractivity contribution is 5.83. The number of aryl methyl sites for hydroxylation is 2. The Morgan fingerprint density at radius 1 is 1.06 bits per heavy atom. The number of amides is 1. The van der Waals surface area contributed by atoms with Crippen LogP contribution in [0, 0.1) is 13.8 Å². The van der Waals surface area contributed by atoms with Gasteiger partial charge in [0, 0.05) is 31.0 Å². The Balaban J connectivity index is 1.37. The summed E-state index contributed by atoms with van der Waals surface area (Å²) in [4.78, 5) is 17.3. The Kier molecular flexibility index (Phi) is 6.41. The van der Waals surface area contributed by atoms with Crippen LogP contribution in [0.25, 0.3) is 11.0 Å². The van der Waals surface area contributed by atoms with Gasteiger partial charge >= 0.3 is 0 Å². The number of carbonyl (C=O) groups excluding carboxylic acids is 1. The lowest BCUT2D eigenvalue weighted by molar-refractivity contribution is -0.123. The third kappa shape index (κ3) is 4.66. The van der Waals surface area contributed by atoms with Crippen LogP contribution in [0.15, 0.2) is 71.4 Å². The summed E-state index contributed by atoms with van der Waals surface area (Å²) in [6.45, 7) is 7.13. The fourth-order valence-corrected chi connectivity index (χ4v) is 5.29. The molecule has 1 aliphatic heterocycles. The number of carbonyl (C=O) groups is 1. The van der Waals surface area contributed by atoms with Gasteiger partial charge in [0.2, 0.25) is 5.91 Å². The number of aliphatic hydroxyl groups is 1. The van der Waals surface area contributed by atoms with Crippen LogP contribution < -0.4 is 5.32 Å². The lowest BCUT2D eigenvalue weighted by atomic mass is 9.80. The van der Waals surface area contributed by atoms with Gasteiger partial charge in [-0.05, 0) is 86.2 Å². The number of fused-ring (bicyclic) bond motifs is 1. The van der Waals surface area contributed by atoms with E-state index in [2.05, 4.69) is 42.3 Å². The second kappa shape index (κ2) is 9.52. The molecule has 1 aliphatic rings. The number of nitrogens with zero attached hydrogens (tertiary/aromatic N) is 1.